The van der Waals surface area contributed by atoms with Crippen molar-refractivity contribution in [2.24, 2.45) is 0 Å². The Morgan fingerprint density at radius 2 is 2.14 bits per heavy atom. The zero-order chi connectivity index (χ0) is 9.80. The Hall–Kier alpha value is -0.860. The molecular weight excluding hydrogens is 174 g/mol. The highest BCUT2D eigenvalue weighted by atomic mass is 16.5. The molecule has 2 heteroatoms. The van der Waals surface area contributed by atoms with E-state index in [1.807, 2.05) is 0 Å². The van der Waals surface area contributed by atoms with Crippen molar-refractivity contribution < 1.29 is 4.74 Å². The van der Waals surface area contributed by atoms with E-state index >= 15 is 0 Å². The zero-order valence-corrected chi connectivity index (χ0v) is 8.65. The number of benzene rings is 1. The second kappa shape index (κ2) is 4.58. The molecule has 0 spiro atoms. The minimum absolute atomic E-state index is 0.382. The third-order valence-electron chi connectivity index (χ3n) is 2.57. The first kappa shape index (κ1) is 9.69. The lowest BCUT2D eigenvalue weighted by Gasteiger charge is -2.31. The van der Waals surface area contributed by atoms with Crippen molar-refractivity contribution in [3.8, 4) is 0 Å². The molecule has 1 aliphatic rings. The molecule has 2 rings (SSSR count). The maximum Gasteiger partial charge on any atom is 0.0674 e. The predicted molar refractivity (Wildman–Crippen MR) is 57.1 cm³/mol. The van der Waals surface area contributed by atoms with Gasteiger partial charge < -0.3 is 4.74 Å². The second-order valence-electron chi connectivity index (χ2n) is 3.90. The number of hydrogen-bond donors (Lipinski definition) is 0. The van der Waals surface area contributed by atoms with E-state index in [4.69, 9.17) is 4.74 Å². The molecule has 0 aliphatic carbocycles. The third-order valence-corrected chi connectivity index (χ3v) is 2.57. The molecule has 0 saturated carbocycles. The highest BCUT2D eigenvalue weighted by Crippen LogP contribution is 2.09. The van der Waals surface area contributed by atoms with Gasteiger partial charge in [-0.1, -0.05) is 30.3 Å². The molecule has 0 unspecified atom stereocenters. The minimum atomic E-state index is 0.382. The molecule has 0 bridgehead atoms. The number of rotatable bonds is 2. The monoisotopic (exact) mass is 191 g/mol. The third kappa shape index (κ3) is 2.56. The summed E-state index contributed by atoms with van der Waals surface area (Å²) in [6.07, 6.45) is 0.382. The van der Waals surface area contributed by atoms with Crippen molar-refractivity contribution in [1.29, 1.82) is 0 Å². The molecule has 1 atom stereocenters. The Morgan fingerprint density at radius 3 is 2.86 bits per heavy atom. The number of morpholine rings is 1. The Bertz CT molecular complexity index is 273. The predicted octanol–water partition coefficient (Wildman–Crippen LogP) is 1.91. The smallest absolute Gasteiger partial charge is 0.0674 e. The van der Waals surface area contributed by atoms with E-state index in [1.165, 1.54) is 5.56 Å². The molecule has 1 heterocycles. The first-order valence-electron chi connectivity index (χ1n) is 5.22. The van der Waals surface area contributed by atoms with Gasteiger partial charge in [0.15, 0.2) is 0 Å². The van der Waals surface area contributed by atoms with E-state index < -0.39 is 0 Å². The fourth-order valence-electron chi connectivity index (χ4n) is 1.88. The van der Waals surface area contributed by atoms with Crippen LogP contribution in [0.1, 0.15) is 12.5 Å². The maximum atomic E-state index is 5.50. The first-order chi connectivity index (χ1) is 6.84. The normalized spacial score (nSPS) is 23.6. The van der Waals surface area contributed by atoms with Crippen molar-refractivity contribution in [2.45, 2.75) is 19.6 Å². The molecule has 0 N–H and O–H groups in total. The molecule has 0 amide bonds. The van der Waals surface area contributed by atoms with Gasteiger partial charge in [0.1, 0.15) is 0 Å². The van der Waals surface area contributed by atoms with Crippen LogP contribution in [-0.2, 0) is 11.3 Å². The van der Waals surface area contributed by atoms with Crippen LogP contribution in [0.25, 0.3) is 0 Å². The fraction of sp³-hybridized carbons (Fsp3) is 0.500. The summed E-state index contributed by atoms with van der Waals surface area (Å²) in [6.45, 7) is 6.16. The van der Waals surface area contributed by atoms with Crippen LogP contribution >= 0.6 is 0 Å². The molecule has 1 aromatic rings. The summed E-state index contributed by atoms with van der Waals surface area (Å²) >= 11 is 0. The van der Waals surface area contributed by atoms with Gasteiger partial charge in [-0.2, -0.15) is 0 Å². The summed E-state index contributed by atoms with van der Waals surface area (Å²) < 4.78 is 5.50. The molecule has 2 nitrogen and oxygen atoms in total. The summed E-state index contributed by atoms with van der Waals surface area (Å²) in [4.78, 5) is 2.45. The Kier molecular flexibility index (Phi) is 3.17. The highest BCUT2D eigenvalue weighted by Gasteiger charge is 2.16. The van der Waals surface area contributed by atoms with E-state index in [0.717, 1.165) is 26.2 Å². The van der Waals surface area contributed by atoms with Gasteiger partial charge in [-0.15, -0.1) is 0 Å². The Morgan fingerprint density at radius 1 is 1.36 bits per heavy atom. The lowest BCUT2D eigenvalue weighted by molar-refractivity contribution is -0.0212. The Balaban J connectivity index is 1.91. The summed E-state index contributed by atoms with van der Waals surface area (Å²) in [6, 6.07) is 10.6. The van der Waals surface area contributed by atoms with Crippen LogP contribution in [0.4, 0.5) is 0 Å². The van der Waals surface area contributed by atoms with Gasteiger partial charge >= 0.3 is 0 Å². The van der Waals surface area contributed by atoms with Crippen LogP contribution in [0.15, 0.2) is 30.3 Å². The molecular formula is C12H17NO. The molecule has 1 saturated heterocycles. The summed E-state index contributed by atoms with van der Waals surface area (Å²) in [5.41, 5.74) is 1.39. The van der Waals surface area contributed by atoms with Crippen LogP contribution in [0.5, 0.6) is 0 Å². The highest BCUT2D eigenvalue weighted by molar-refractivity contribution is 5.14. The second-order valence-corrected chi connectivity index (χ2v) is 3.90. The van der Waals surface area contributed by atoms with Gasteiger partial charge in [0, 0.05) is 19.6 Å². The SMILES string of the molecule is C[C@H]1CN(Cc2ccccc2)CCO1. The number of ether oxygens (including phenoxy) is 1. The summed E-state index contributed by atoms with van der Waals surface area (Å²) in [5, 5.41) is 0. The average molecular weight is 191 g/mol. The number of hydrogen-bond acceptors (Lipinski definition) is 2. The lowest BCUT2D eigenvalue weighted by atomic mass is 10.2. The number of nitrogens with zero attached hydrogens (tertiary/aromatic N) is 1. The van der Waals surface area contributed by atoms with E-state index in [9.17, 15) is 0 Å². The van der Waals surface area contributed by atoms with Crippen LogP contribution in [0.3, 0.4) is 0 Å². The largest absolute Gasteiger partial charge is 0.376 e. The molecule has 0 radical (unpaired) electrons. The van der Waals surface area contributed by atoms with Crippen LogP contribution in [0.2, 0.25) is 0 Å². The standard InChI is InChI=1S/C12H17NO/c1-11-9-13(7-8-14-11)10-12-5-3-2-4-6-12/h2-6,11H,7-10H2,1H3/t11-/m0/s1. The van der Waals surface area contributed by atoms with Gasteiger partial charge in [0.25, 0.3) is 0 Å². The topological polar surface area (TPSA) is 12.5 Å². The van der Waals surface area contributed by atoms with Crippen molar-refractivity contribution in [2.75, 3.05) is 19.7 Å². The van der Waals surface area contributed by atoms with E-state index in [-0.39, 0.29) is 0 Å². The van der Waals surface area contributed by atoms with Gasteiger partial charge in [0.2, 0.25) is 0 Å². The zero-order valence-electron chi connectivity index (χ0n) is 8.65. The average Bonchev–Trinajstić information content (AvgIpc) is 2.19. The minimum Gasteiger partial charge on any atom is -0.376 e. The van der Waals surface area contributed by atoms with Crippen molar-refractivity contribution in [3.63, 3.8) is 0 Å². The van der Waals surface area contributed by atoms with Crippen molar-refractivity contribution >= 4 is 0 Å². The lowest BCUT2D eigenvalue weighted by Crippen LogP contribution is -2.40. The van der Waals surface area contributed by atoms with Gasteiger partial charge in [-0.25, -0.2) is 0 Å². The van der Waals surface area contributed by atoms with Gasteiger partial charge in [-0.05, 0) is 12.5 Å². The maximum absolute atomic E-state index is 5.50. The van der Waals surface area contributed by atoms with E-state index in [0.29, 0.717) is 6.10 Å². The first-order valence-corrected chi connectivity index (χ1v) is 5.22. The van der Waals surface area contributed by atoms with Gasteiger partial charge in [0.05, 0.1) is 12.7 Å². The summed E-state index contributed by atoms with van der Waals surface area (Å²) in [5.74, 6) is 0. The van der Waals surface area contributed by atoms with E-state index in [1.54, 1.807) is 0 Å². The van der Waals surface area contributed by atoms with Crippen LogP contribution in [0, 0.1) is 0 Å². The molecule has 1 aromatic carbocycles. The fourth-order valence-corrected chi connectivity index (χ4v) is 1.88. The molecule has 0 aromatic heterocycles. The molecule has 76 valence electrons. The van der Waals surface area contributed by atoms with Crippen molar-refractivity contribution in [1.82, 2.24) is 4.90 Å². The van der Waals surface area contributed by atoms with Gasteiger partial charge in [-0.3, -0.25) is 4.90 Å². The van der Waals surface area contributed by atoms with Crippen LogP contribution < -0.4 is 0 Å². The molecule has 1 fully saturated rings. The summed E-state index contributed by atoms with van der Waals surface area (Å²) in [7, 11) is 0. The van der Waals surface area contributed by atoms with E-state index in [2.05, 4.69) is 42.2 Å². The quantitative estimate of drug-likeness (QED) is 0.708. The molecule has 1 aliphatic heterocycles. The Labute approximate surface area is 85.5 Å². The molecule has 14 heavy (non-hydrogen) atoms. The van der Waals surface area contributed by atoms with Crippen LogP contribution in [-0.4, -0.2) is 30.7 Å². The van der Waals surface area contributed by atoms with Crippen molar-refractivity contribution in [3.05, 3.63) is 35.9 Å².